The molecule has 0 aliphatic rings. The summed E-state index contributed by atoms with van der Waals surface area (Å²) in [5.41, 5.74) is 7.05. The standard InChI is InChI=1S/C23H20N4O/c1-16-7-6-10-22(27-23(28)24-25-26-27)21(16)14-13-18-11-12-20(15-17(18)2)19-8-4-3-5-9-19/h3-15H,1-2H3,(H,24,26,28)/b14-13+. The van der Waals surface area contributed by atoms with E-state index < -0.39 is 0 Å². The molecule has 1 heterocycles. The van der Waals surface area contributed by atoms with E-state index in [9.17, 15) is 4.79 Å². The number of rotatable bonds is 4. The molecule has 0 saturated heterocycles. The van der Waals surface area contributed by atoms with Crippen molar-refractivity contribution in [2.45, 2.75) is 13.8 Å². The van der Waals surface area contributed by atoms with Gasteiger partial charge in [-0.3, -0.25) is 0 Å². The second-order valence-electron chi connectivity index (χ2n) is 6.70. The van der Waals surface area contributed by atoms with Gasteiger partial charge < -0.3 is 0 Å². The zero-order valence-electron chi connectivity index (χ0n) is 15.8. The molecule has 4 aromatic rings. The predicted octanol–water partition coefficient (Wildman–Crippen LogP) is 4.41. The van der Waals surface area contributed by atoms with Crippen molar-refractivity contribution in [3.63, 3.8) is 0 Å². The van der Waals surface area contributed by atoms with E-state index in [1.807, 2.05) is 49.4 Å². The minimum Gasteiger partial charge on any atom is -0.244 e. The van der Waals surface area contributed by atoms with E-state index in [1.54, 1.807) is 0 Å². The van der Waals surface area contributed by atoms with Crippen LogP contribution >= 0.6 is 0 Å². The second-order valence-corrected chi connectivity index (χ2v) is 6.70. The van der Waals surface area contributed by atoms with Crippen LogP contribution < -0.4 is 5.69 Å². The lowest BCUT2D eigenvalue weighted by atomic mass is 9.98. The lowest BCUT2D eigenvalue weighted by Crippen LogP contribution is -2.17. The minimum atomic E-state index is -0.358. The van der Waals surface area contributed by atoms with Gasteiger partial charge in [-0.25, -0.2) is 9.89 Å². The van der Waals surface area contributed by atoms with Crippen molar-refractivity contribution >= 4 is 12.2 Å². The van der Waals surface area contributed by atoms with Gasteiger partial charge in [-0.2, -0.15) is 4.68 Å². The third kappa shape index (κ3) is 3.42. The molecule has 0 radical (unpaired) electrons. The topological polar surface area (TPSA) is 63.6 Å². The minimum absolute atomic E-state index is 0.358. The third-order valence-electron chi connectivity index (χ3n) is 4.81. The first kappa shape index (κ1) is 17.7. The van der Waals surface area contributed by atoms with E-state index in [0.29, 0.717) is 5.69 Å². The van der Waals surface area contributed by atoms with E-state index in [2.05, 4.69) is 58.9 Å². The largest absolute Gasteiger partial charge is 0.365 e. The number of nitrogens with zero attached hydrogens (tertiary/aromatic N) is 3. The van der Waals surface area contributed by atoms with E-state index >= 15 is 0 Å². The molecule has 5 heteroatoms. The van der Waals surface area contributed by atoms with Gasteiger partial charge in [0.2, 0.25) is 0 Å². The molecule has 0 saturated carbocycles. The fraction of sp³-hybridized carbons (Fsp3) is 0.0870. The van der Waals surface area contributed by atoms with Crippen LogP contribution in [0.2, 0.25) is 0 Å². The number of hydrogen-bond donors (Lipinski definition) is 1. The molecule has 0 amide bonds. The summed E-state index contributed by atoms with van der Waals surface area (Å²) in [6, 6.07) is 22.6. The molecule has 0 fully saturated rings. The molecule has 0 bridgehead atoms. The maximum absolute atomic E-state index is 11.9. The Labute approximate surface area is 163 Å². The number of aromatic nitrogens is 4. The predicted molar refractivity (Wildman–Crippen MR) is 112 cm³/mol. The van der Waals surface area contributed by atoms with Gasteiger partial charge in [0.05, 0.1) is 5.69 Å². The maximum atomic E-state index is 11.9. The van der Waals surface area contributed by atoms with Crippen LogP contribution in [0, 0.1) is 13.8 Å². The highest BCUT2D eigenvalue weighted by molar-refractivity contribution is 5.78. The van der Waals surface area contributed by atoms with Crippen LogP contribution in [0.15, 0.2) is 71.5 Å². The Morgan fingerprint density at radius 2 is 1.68 bits per heavy atom. The SMILES string of the molecule is Cc1cc(-c2ccccc2)ccc1/C=C/c1c(C)cccc1-n1nn[nH]c1=O. The van der Waals surface area contributed by atoms with Crippen molar-refractivity contribution in [3.8, 4) is 16.8 Å². The van der Waals surface area contributed by atoms with Crippen molar-refractivity contribution < 1.29 is 0 Å². The van der Waals surface area contributed by atoms with Gasteiger partial charge in [-0.1, -0.05) is 72.8 Å². The van der Waals surface area contributed by atoms with E-state index in [4.69, 9.17) is 0 Å². The zero-order valence-corrected chi connectivity index (χ0v) is 15.8. The summed E-state index contributed by atoms with van der Waals surface area (Å²) >= 11 is 0. The molecule has 1 N–H and O–H groups in total. The Kier molecular flexibility index (Phi) is 4.72. The molecule has 0 aliphatic carbocycles. The number of hydrogen-bond acceptors (Lipinski definition) is 3. The Morgan fingerprint density at radius 1 is 0.857 bits per heavy atom. The van der Waals surface area contributed by atoms with Crippen LogP contribution in [-0.4, -0.2) is 20.2 Å². The summed E-state index contributed by atoms with van der Waals surface area (Å²) in [6.07, 6.45) is 4.09. The zero-order chi connectivity index (χ0) is 19.5. The monoisotopic (exact) mass is 368 g/mol. The molecule has 3 aromatic carbocycles. The van der Waals surface area contributed by atoms with Crippen molar-refractivity contribution in [2.75, 3.05) is 0 Å². The van der Waals surface area contributed by atoms with Crippen LogP contribution in [0.4, 0.5) is 0 Å². The lowest BCUT2D eigenvalue weighted by molar-refractivity contribution is 0.778. The van der Waals surface area contributed by atoms with Gasteiger partial charge in [0, 0.05) is 5.56 Å². The summed E-state index contributed by atoms with van der Waals surface area (Å²) in [7, 11) is 0. The van der Waals surface area contributed by atoms with Crippen molar-refractivity contribution in [2.24, 2.45) is 0 Å². The smallest absolute Gasteiger partial charge is 0.244 e. The number of tetrazole rings is 1. The first-order valence-corrected chi connectivity index (χ1v) is 9.08. The van der Waals surface area contributed by atoms with E-state index in [-0.39, 0.29) is 5.69 Å². The Bertz CT molecular complexity index is 1200. The maximum Gasteiger partial charge on any atom is 0.365 e. The molecular formula is C23H20N4O. The highest BCUT2D eigenvalue weighted by Gasteiger charge is 2.09. The summed E-state index contributed by atoms with van der Waals surface area (Å²) in [5, 5.41) is 9.80. The average molecular weight is 368 g/mol. The van der Waals surface area contributed by atoms with Gasteiger partial charge in [0.15, 0.2) is 0 Å². The summed E-state index contributed by atoms with van der Waals surface area (Å²) in [5.74, 6) is 0. The number of benzene rings is 3. The highest BCUT2D eigenvalue weighted by atomic mass is 16.2. The molecule has 0 spiro atoms. The van der Waals surface area contributed by atoms with Crippen molar-refractivity contribution in [1.29, 1.82) is 0 Å². The molecule has 1 aromatic heterocycles. The fourth-order valence-corrected chi connectivity index (χ4v) is 3.27. The summed E-state index contributed by atoms with van der Waals surface area (Å²) in [4.78, 5) is 11.9. The van der Waals surface area contributed by atoms with Crippen LogP contribution in [-0.2, 0) is 0 Å². The third-order valence-corrected chi connectivity index (χ3v) is 4.81. The quantitative estimate of drug-likeness (QED) is 0.543. The first-order chi connectivity index (χ1) is 13.6. The lowest BCUT2D eigenvalue weighted by Gasteiger charge is -2.09. The number of aromatic amines is 1. The number of H-pyrrole nitrogens is 1. The van der Waals surface area contributed by atoms with Crippen molar-refractivity contribution in [1.82, 2.24) is 20.2 Å². The molecule has 5 nitrogen and oxygen atoms in total. The Hall–Kier alpha value is -3.73. The van der Waals surface area contributed by atoms with E-state index in [0.717, 1.165) is 16.7 Å². The molecule has 0 unspecified atom stereocenters. The molecule has 0 aliphatic heterocycles. The molecule has 0 atom stereocenters. The van der Waals surface area contributed by atoms with Crippen LogP contribution in [0.3, 0.4) is 0 Å². The second kappa shape index (κ2) is 7.48. The molecule has 138 valence electrons. The van der Waals surface area contributed by atoms with Crippen molar-refractivity contribution in [3.05, 3.63) is 99.5 Å². The molecule has 28 heavy (non-hydrogen) atoms. The Morgan fingerprint density at radius 3 is 2.39 bits per heavy atom. The average Bonchev–Trinajstić information content (AvgIpc) is 3.14. The van der Waals surface area contributed by atoms with Crippen LogP contribution in [0.5, 0.6) is 0 Å². The van der Waals surface area contributed by atoms with Gasteiger partial charge in [0.1, 0.15) is 0 Å². The first-order valence-electron chi connectivity index (χ1n) is 9.08. The fourth-order valence-electron chi connectivity index (χ4n) is 3.27. The molecule has 4 rings (SSSR count). The van der Waals surface area contributed by atoms with Gasteiger partial charge in [-0.15, -0.1) is 0 Å². The van der Waals surface area contributed by atoms with Gasteiger partial charge in [0.25, 0.3) is 0 Å². The van der Waals surface area contributed by atoms with Crippen LogP contribution in [0.25, 0.3) is 29.0 Å². The van der Waals surface area contributed by atoms with Crippen LogP contribution in [0.1, 0.15) is 22.3 Å². The summed E-state index contributed by atoms with van der Waals surface area (Å²) in [6.45, 7) is 4.12. The Balaban J connectivity index is 1.71. The highest BCUT2D eigenvalue weighted by Crippen LogP contribution is 2.24. The number of nitrogens with one attached hydrogen (secondary N) is 1. The van der Waals surface area contributed by atoms with Gasteiger partial charge >= 0.3 is 5.69 Å². The summed E-state index contributed by atoms with van der Waals surface area (Å²) < 4.78 is 1.28. The number of aryl methyl sites for hydroxylation is 2. The van der Waals surface area contributed by atoms with E-state index in [1.165, 1.54) is 21.4 Å². The molecular weight excluding hydrogens is 348 g/mol. The normalized spacial score (nSPS) is 11.2. The van der Waals surface area contributed by atoms with Gasteiger partial charge in [-0.05, 0) is 58.2 Å².